The lowest BCUT2D eigenvalue weighted by atomic mass is 10.1. The van der Waals surface area contributed by atoms with Gasteiger partial charge >= 0.3 is 5.97 Å². The minimum atomic E-state index is -0.857. The highest BCUT2D eigenvalue weighted by atomic mass is 16.4. The van der Waals surface area contributed by atoms with E-state index < -0.39 is 5.97 Å². The molecule has 0 spiro atoms. The number of nitrogens with zero attached hydrogens (tertiary/aromatic N) is 3. The molecule has 19 heavy (non-hydrogen) atoms. The summed E-state index contributed by atoms with van der Waals surface area (Å²) in [5, 5.41) is 13.0. The second kappa shape index (κ2) is 4.53. The Morgan fingerprint density at radius 3 is 2.74 bits per heavy atom. The van der Waals surface area contributed by atoms with E-state index in [1.165, 1.54) is 0 Å². The molecule has 3 aromatic heterocycles. The first-order chi connectivity index (χ1) is 9.24. The van der Waals surface area contributed by atoms with Gasteiger partial charge in [0.05, 0.1) is 18.1 Å². The van der Waals surface area contributed by atoms with Crippen LogP contribution in [0, 0.1) is 0 Å². The summed E-state index contributed by atoms with van der Waals surface area (Å²) in [7, 11) is 0. The summed E-state index contributed by atoms with van der Waals surface area (Å²) >= 11 is 0. The fourth-order valence-corrected chi connectivity index (χ4v) is 2.05. The summed E-state index contributed by atoms with van der Waals surface area (Å²) in [6.07, 6.45) is 6.86. The zero-order valence-corrected chi connectivity index (χ0v) is 10.0. The van der Waals surface area contributed by atoms with Crippen LogP contribution in [-0.2, 0) is 11.2 Å². The zero-order chi connectivity index (χ0) is 13.2. The molecule has 0 radical (unpaired) electrons. The van der Waals surface area contributed by atoms with Gasteiger partial charge in [0.2, 0.25) is 0 Å². The monoisotopic (exact) mass is 253 g/mol. The summed E-state index contributed by atoms with van der Waals surface area (Å²) in [4.78, 5) is 14.8. The van der Waals surface area contributed by atoms with Crippen LogP contribution in [0.25, 0.3) is 16.6 Å². The van der Waals surface area contributed by atoms with Gasteiger partial charge in [0.25, 0.3) is 0 Å². The molecule has 0 aliphatic carbocycles. The Labute approximate surface area is 109 Å². The number of aromatic nitrogens is 3. The SMILES string of the molecule is O=C(O)Cc1cnn2ccc(-c3ccncc3)cc12. The standard InChI is InChI=1S/C14H11N3O2/c18-14(19)8-12-9-16-17-6-3-11(7-13(12)17)10-1-4-15-5-2-10/h1-7,9H,8H2,(H,18,19). The van der Waals surface area contributed by atoms with E-state index in [4.69, 9.17) is 5.11 Å². The lowest BCUT2D eigenvalue weighted by Crippen LogP contribution is -1.99. The first-order valence-electron chi connectivity index (χ1n) is 5.82. The van der Waals surface area contributed by atoms with Crippen LogP contribution in [0.1, 0.15) is 5.56 Å². The normalized spacial score (nSPS) is 10.7. The Bertz CT molecular complexity index is 735. The van der Waals surface area contributed by atoms with Crippen molar-refractivity contribution < 1.29 is 9.90 Å². The fraction of sp³-hybridized carbons (Fsp3) is 0.0714. The third-order valence-corrected chi connectivity index (χ3v) is 2.96. The van der Waals surface area contributed by atoms with Crippen LogP contribution in [0.2, 0.25) is 0 Å². The average molecular weight is 253 g/mol. The highest BCUT2D eigenvalue weighted by Crippen LogP contribution is 2.22. The van der Waals surface area contributed by atoms with Crippen molar-refractivity contribution in [1.82, 2.24) is 14.6 Å². The molecule has 3 heterocycles. The van der Waals surface area contributed by atoms with Gasteiger partial charge in [-0.05, 0) is 35.4 Å². The van der Waals surface area contributed by atoms with Crippen molar-refractivity contribution >= 4 is 11.5 Å². The second-order valence-corrected chi connectivity index (χ2v) is 4.22. The lowest BCUT2D eigenvalue weighted by Gasteiger charge is -2.03. The van der Waals surface area contributed by atoms with Gasteiger partial charge in [-0.2, -0.15) is 5.10 Å². The predicted octanol–water partition coefficient (Wildman–Crippen LogP) is 2.02. The minimum absolute atomic E-state index is 0.0245. The summed E-state index contributed by atoms with van der Waals surface area (Å²) in [6.45, 7) is 0. The molecule has 94 valence electrons. The van der Waals surface area contributed by atoms with E-state index in [9.17, 15) is 4.79 Å². The molecule has 3 rings (SSSR count). The van der Waals surface area contributed by atoms with Gasteiger partial charge in [-0.25, -0.2) is 4.52 Å². The maximum atomic E-state index is 10.8. The molecule has 0 aliphatic heterocycles. The van der Waals surface area contributed by atoms with E-state index in [-0.39, 0.29) is 6.42 Å². The number of aliphatic carboxylic acids is 1. The highest BCUT2D eigenvalue weighted by Gasteiger charge is 2.09. The molecule has 0 bridgehead atoms. The van der Waals surface area contributed by atoms with E-state index in [0.717, 1.165) is 16.6 Å². The maximum Gasteiger partial charge on any atom is 0.307 e. The van der Waals surface area contributed by atoms with E-state index in [2.05, 4.69) is 10.1 Å². The first kappa shape index (κ1) is 11.4. The van der Waals surface area contributed by atoms with Crippen molar-refractivity contribution in [3.63, 3.8) is 0 Å². The second-order valence-electron chi connectivity index (χ2n) is 4.22. The fourth-order valence-electron chi connectivity index (χ4n) is 2.05. The molecule has 0 saturated heterocycles. The number of rotatable bonds is 3. The number of fused-ring (bicyclic) bond motifs is 1. The van der Waals surface area contributed by atoms with E-state index >= 15 is 0 Å². The van der Waals surface area contributed by atoms with Crippen LogP contribution in [0.4, 0.5) is 0 Å². The molecule has 0 saturated carbocycles. The summed E-state index contributed by atoms with van der Waals surface area (Å²) in [6, 6.07) is 7.72. The lowest BCUT2D eigenvalue weighted by molar-refractivity contribution is -0.136. The predicted molar refractivity (Wildman–Crippen MR) is 69.8 cm³/mol. The number of hydrogen-bond donors (Lipinski definition) is 1. The number of carboxylic acid groups (broad SMARTS) is 1. The van der Waals surface area contributed by atoms with Gasteiger partial charge in [0.1, 0.15) is 0 Å². The number of pyridine rings is 2. The van der Waals surface area contributed by atoms with Gasteiger partial charge in [-0.3, -0.25) is 9.78 Å². The molecule has 0 aliphatic rings. The summed E-state index contributed by atoms with van der Waals surface area (Å²) in [5.74, 6) is -0.857. The molecule has 0 unspecified atom stereocenters. The Kier molecular flexibility index (Phi) is 2.72. The van der Waals surface area contributed by atoms with Gasteiger partial charge in [-0.1, -0.05) is 0 Å². The van der Waals surface area contributed by atoms with E-state index in [0.29, 0.717) is 5.56 Å². The van der Waals surface area contributed by atoms with Crippen molar-refractivity contribution in [2.75, 3.05) is 0 Å². The summed E-state index contributed by atoms with van der Waals surface area (Å²) in [5.41, 5.74) is 3.59. The van der Waals surface area contributed by atoms with Gasteiger partial charge in [0.15, 0.2) is 0 Å². The number of carbonyl (C=O) groups is 1. The molecule has 1 N–H and O–H groups in total. The van der Waals surface area contributed by atoms with Crippen molar-refractivity contribution in [2.24, 2.45) is 0 Å². The minimum Gasteiger partial charge on any atom is -0.481 e. The number of carboxylic acids is 1. The largest absolute Gasteiger partial charge is 0.481 e. The van der Waals surface area contributed by atoms with Crippen molar-refractivity contribution in [1.29, 1.82) is 0 Å². The van der Waals surface area contributed by atoms with Gasteiger partial charge in [0, 0.05) is 24.2 Å². The van der Waals surface area contributed by atoms with Crippen molar-refractivity contribution in [2.45, 2.75) is 6.42 Å². The molecule has 0 amide bonds. The Morgan fingerprint density at radius 2 is 2.00 bits per heavy atom. The molecular weight excluding hydrogens is 242 g/mol. The molecule has 0 atom stereocenters. The van der Waals surface area contributed by atoms with Crippen LogP contribution in [0.15, 0.2) is 49.1 Å². The van der Waals surface area contributed by atoms with Crippen molar-refractivity contribution in [3.8, 4) is 11.1 Å². The average Bonchev–Trinajstić information content (AvgIpc) is 2.82. The zero-order valence-electron chi connectivity index (χ0n) is 10.0. The summed E-state index contributed by atoms with van der Waals surface area (Å²) < 4.78 is 1.68. The van der Waals surface area contributed by atoms with Crippen LogP contribution in [0.3, 0.4) is 0 Å². The Balaban J connectivity index is 2.11. The molecule has 0 fully saturated rings. The molecule has 0 aromatic carbocycles. The molecule has 5 nitrogen and oxygen atoms in total. The molecule has 5 heteroatoms. The van der Waals surface area contributed by atoms with E-state index in [1.54, 1.807) is 23.1 Å². The van der Waals surface area contributed by atoms with Crippen LogP contribution < -0.4 is 0 Å². The Morgan fingerprint density at radius 1 is 1.21 bits per heavy atom. The molecular formula is C14H11N3O2. The van der Waals surface area contributed by atoms with Crippen LogP contribution >= 0.6 is 0 Å². The van der Waals surface area contributed by atoms with Crippen LogP contribution in [-0.4, -0.2) is 25.7 Å². The molecule has 3 aromatic rings. The smallest absolute Gasteiger partial charge is 0.307 e. The van der Waals surface area contributed by atoms with Crippen LogP contribution in [0.5, 0.6) is 0 Å². The van der Waals surface area contributed by atoms with E-state index in [1.807, 2.05) is 30.5 Å². The highest BCUT2D eigenvalue weighted by molar-refractivity contribution is 5.76. The van der Waals surface area contributed by atoms with Gasteiger partial charge < -0.3 is 5.11 Å². The Hall–Kier alpha value is -2.69. The quantitative estimate of drug-likeness (QED) is 0.775. The number of hydrogen-bond acceptors (Lipinski definition) is 3. The van der Waals surface area contributed by atoms with Crippen molar-refractivity contribution in [3.05, 3.63) is 54.6 Å². The maximum absolute atomic E-state index is 10.8. The third-order valence-electron chi connectivity index (χ3n) is 2.96. The first-order valence-corrected chi connectivity index (χ1v) is 5.82. The third kappa shape index (κ3) is 2.18. The topological polar surface area (TPSA) is 67.5 Å². The van der Waals surface area contributed by atoms with Gasteiger partial charge in [-0.15, -0.1) is 0 Å².